The summed E-state index contributed by atoms with van der Waals surface area (Å²) in [5.41, 5.74) is 10.6. The molecule has 51 heavy (non-hydrogen) atoms. The molecule has 9 aromatic rings. The second kappa shape index (κ2) is 11.7. The number of hydrogen-bond acceptors (Lipinski definition) is 2. The van der Waals surface area contributed by atoms with Gasteiger partial charge in [0.15, 0.2) is 16.6 Å². The normalized spacial score (nSPS) is 13.3. The largest absolute Gasteiger partial charge is 0.455 e. The first kappa shape index (κ1) is 28.0. The van der Waals surface area contributed by atoms with Crippen LogP contribution in [0, 0.1) is 13.8 Å². The van der Waals surface area contributed by atoms with E-state index in [4.69, 9.17) is 13.5 Å². The lowest BCUT2D eigenvalue weighted by molar-refractivity contribution is -0.633. The monoisotopic (exact) mass is 667 g/mol. The molecule has 0 spiro atoms. The topological polar surface area (TPSA) is 34.8 Å². The van der Waals surface area contributed by atoms with Crippen molar-refractivity contribution in [2.45, 2.75) is 53.3 Å². The fourth-order valence-electron chi connectivity index (χ4n) is 8.09. The van der Waals surface area contributed by atoms with Crippen molar-refractivity contribution in [2.75, 3.05) is 0 Å². The van der Waals surface area contributed by atoms with Gasteiger partial charge in [0.25, 0.3) is 0 Å². The summed E-state index contributed by atoms with van der Waals surface area (Å²) in [5, 5.41) is 5.59. The van der Waals surface area contributed by atoms with E-state index < -0.39 is 6.85 Å². The van der Waals surface area contributed by atoms with Crippen LogP contribution in [0.15, 0.2) is 120 Å². The second-order valence-corrected chi connectivity index (χ2v) is 14.5. The first-order chi connectivity index (χ1) is 25.9. The fourth-order valence-corrected chi connectivity index (χ4v) is 8.09. The highest BCUT2D eigenvalue weighted by atomic mass is 16.3. The molecule has 3 aromatic heterocycles. The van der Waals surface area contributed by atoms with Crippen molar-refractivity contribution in [3.05, 3.63) is 138 Å². The van der Waals surface area contributed by atoms with Crippen LogP contribution < -0.4 is 4.57 Å². The number of aromatic nitrogens is 3. The second-order valence-electron chi connectivity index (χ2n) is 14.5. The predicted molar refractivity (Wildman–Crippen MR) is 213 cm³/mol. The first-order valence-corrected chi connectivity index (χ1v) is 17.8. The van der Waals surface area contributed by atoms with E-state index in [2.05, 4.69) is 141 Å². The maximum absolute atomic E-state index is 8.68. The molecule has 0 aliphatic carbocycles. The highest BCUT2D eigenvalue weighted by Gasteiger charge is 2.35. The van der Waals surface area contributed by atoms with Gasteiger partial charge in [0.2, 0.25) is 0 Å². The van der Waals surface area contributed by atoms with Crippen molar-refractivity contribution in [3.8, 4) is 28.2 Å². The Kier molecular flexibility index (Phi) is 6.41. The minimum absolute atomic E-state index is 0.0564. The molecule has 0 aliphatic heterocycles. The lowest BCUT2D eigenvalue weighted by Crippen LogP contribution is -2.31. The molecule has 0 amide bonds. The molecule has 0 unspecified atom stereocenters. The summed E-state index contributed by atoms with van der Waals surface area (Å²) >= 11 is 0. The predicted octanol–water partition coefficient (Wildman–Crippen LogP) is 12.3. The van der Waals surface area contributed by atoms with Crippen LogP contribution in [-0.2, 0) is 7.05 Å². The molecule has 250 valence electrons. The summed E-state index contributed by atoms with van der Waals surface area (Å²) in [4.78, 5) is 4.97. The minimum Gasteiger partial charge on any atom is -0.455 e. The Balaban J connectivity index is 1.44. The number of benzene rings is 6. The molecule has 3 heterocycles. The first-order valence-electron chi connectivity index (χ1n) is 19.3. The molecule has 6 aromatic carbocycles. The number of aryl methyl sites for hydroxylation is 3. The van der Waals surface area contributed by atoms with Gasteiger partial charge < -0.3 is 4.42 Å². The van der Waals surface area contributed by atoms with Crippen LogP contribution in [0.25, 0.3) is 82.7 Å². The molecule has 0 atom stereocenters. The fraction of sp³-hybridized carbons (Fsp3) is 0.191. The van der Waals surface area contributed by atoms with Gasteiger partial charge in [-0.05, 0) is 107 Å². The summed E-state index contributed by atoms with van der Waals surface area (Å²) in [5.74, 6) is 1.28. The van der Waals surface area contributed by atoms with Crippen LogP contribution in [0.3, 0.4) is 0 Å². The van der Waals surface area contributed by atoms with Gasteiger partial charge in [0.05, 0.1) is 18.1 Å². The third kappa shape index (κ3) is 4.80. The Labute approximate surface area is 302 Å². The van der Waals surface area contributed by atoms with E-state index in [1.54, 1.807) is 0 Å². The number of rotatable bonds is 5. The summed E-state index contributed by atoms with van der Waals surface area (Å²) in [6.07, 6.45) is 0. The number of furan rings is 1. The van der Waals surface area contributed by atoms with E-state index >= 15 is 0 Å². The number of pyridine rings is 1. The minimum atomic E-state index is -2.46. The van der Waals surface area contributed by atoms with Crippen LogP contribution in [-0.4, -0.2) is 9.55 Å². The van der Waals surface area contributed by atoms with E-state index in [0.29, 0.717) is 22.2 Å². The van der Waals surface area contributed by atoms with E-state index in [0.717, 1.165) is 55.0 Å². The molecule has 0 aliphatic rings. The molecule has 0 fully saturated rings. The van der Waals surface area contributed by atoms with E-state index in [-0.39, 0.29) is 17.5 Å². The maximum atomic E-state index is 8.68. The van der Waals surface area contributed by atoms with E-state index in [9.17, 15) is 0 Å². The molecule has 0 saturated carbocycles. The zero-order valence-corrected chi connectivity index (χ0v) is 29.9. The average molecular weight is 668 g/mol. The molecule has 0 bridgehead atoms. The number of para-hydroxylation sites is 2. The molecule has 0 saturated heterocycles. The lowest BCUT2D eigenvalue weighted by atomic mass is 9.88. The van der Waals surface area contributed by atoms with Crippen LogP contribution in [0.1, 0.15) is 66.2 Å². The Morgan fingerprint density at radius 1 is 0.686 bits per heavy atom. The third-order valence-electron chi connectivity index (χ3n) is 10.6. The highest BCUT2D eigenvalue weighted by molar-refractivity contribution is 6.15. The number of nitrogens with zero attached hydrogens (tertiary/aromatic N) is 3. The molecule has 4 nitrogen and oxygen atoms in total. The average Bonchev–Trinajstić information content (AvgIpc) is 3.66. The molecule has 0 radical (unpaired) electrons. The molecule has 4 heteroatoms. The molecule has 9 rings (SSSR count). The van der Waals surface area contributed by atoms with Gasteiger partial charge in [-0.1, -0.05) is 94.4 Å². The summed E-state index contributed by atoms with van der Waals surface area (Å²) < 4.78 is 37.6. The van der Waals surface area contributed by atoms with Crippen molar-refractivity contribution in [1.82, 2.24) is 9.55 Å². The Bertz CT molecular complexity index is 2920. The van der Waals surface area contributed by atoms with Gasteiger partial charge in [-0.2, -0.15) is 4.57 Å². The van der Waals surface area contributed by atoms with Gasteiger partial charge in [-0.25, -0.2) is 4.57 Å². The highest BCUT2D eigenvalue weighted by Crippen LogP contribution is 2.44. The maximum Gasteiger partial charge on any atom is 0.300 e. The lowest BCUT2D eigenvalue weighted by Gasteiger charge is -2.21. The van der Waals surface area contributed by atoms with E-state index in [1.165, 1.54) is 22.3 Å². The summed E-state index contributed by atoms with van der Waals surface area (Å²) in [6, 6.07) is 40.5. The van der Waals surface area contributed by atoms with Crippen molar-refractivity contribution < 1.29 is 13.1 Å². The SMILES string of the molecule is [2H]C([2H])([2H])c1nc(C)c(-c2n(-c3c(C(C)C)cc(-c4ccccc4)cc3C(C)C)c3ccccc3[n+]2C)c2oc3cc4cc5ccccc5cc4cc3c12. The van der Waals surface area contributed by atoms with Gasteiger partial charge in [0, 0.05) is 26.3 Å². The van der Waals surface area contributed by atoms with Gasteiger partial charge in [-0.3, -0.25) is 4.98 Å². The quantitative estimate of drug-likeness (QED) is 0.135. The third-order valence-corrected chi connectivity index (χ3v) is 10.6. The van der Waals surface area contributed by atoms with Gasteiger partial charge in [-0.15, -0.1) is 0 Å². The van der Waals surface area contributed by atoms with Gasteiger partial charge >= 0.3 is 5.82 Å². The Hall–Kier alpha value is -5.74. The van der Waals surface area contributed by atoms with E-state index in [1.807, 2.05) is 25.1 Å². The zero-order valence-electron chi connectivity index (χ0n) is 32.9. The zero-order chi connectivity index (χ0) is 37.6. The van der Waals surface area contributed by atoms with Crippen LogP contribution in [0.5, 0.6) is 0 Å². The Morgan fingerprint density at radius 3 is 1.98 bits per heavy atom. The van der Waals surface area contributed by atoms with Crippen LogP contribution in [0.4, 0.5) is 0 Å². The number of hydrogen-bond donors (Lipinski definition) is 0. The number of imidazole rings is 1. The van der Waals surface area contributed by atoms with Crippen molar-refractivity contribution in [1.29, 1.82) is 0 Å². The standard InChI is InChI=1S/C47H42N3O/c1-27(2)37-23-36(31-15-9-8-10-16-31)24-38(28(3)4)45(37)50-41-20-14-13-19-40(41)49(7)47(50)44-30(6)48-29(5)43-39-25-34-21-32-17-11-12-18-33(32)22-35(34)26-42(39)51-46(43)44/h8-28H,1-7H3/q+1/i5D3. The number of fused-ring (bicyclic) bond motifs is 6. The van der Waals surface area contributed by atoms with Crippen molar-refractivity contribution in [2.24, 2.45) is 7.05 Å². The van der Waals surface area contributed by atoms with Crippen LogP contribution >= 0.6 is 0 Å². The smallest absolute Gasteiger partial charge is 0.300 e. The van der Waals surface area contributed by atoms with Crippen LogP contribution in [0.2, 0.25) is 0 Å². The molecular formula is C47H42N3O+. The summed E-state index contributed by atoms with van der Waals surface area (Å²) in [7, 11) is 2.09. The van der Waals surface area contributed by atoms with Gasteiger partial charge in [0.1, 0.15) is 16.8 Å². The van der Waals surface area contributed by atoms with Crippen molar-refractivity contribution >= 4 is 54.5 Å². The molecular weight excluding hydrogens is 623 g/mol. The molecule has 0 N–H and O–H groups in total. The Morgan fingerprint density at radius 2 is 1.31 bits per heavy atom. The van der Waals surface area contributed by atoms with Crippen molar-refractivity contribution in [3.63, 3.8) is 0 Å². The summed E-state index contributed by atoms with van der Waals surface area (Å²) in [6.45, 7) is 8.47.